The maximum atomic E-state index is 11.9. The van der Waals surface area contributed by atoms with Gasteiger partial charge in [0.05, 0.1) is 18.1 Å². The second-order valence-electron chi connectivity index (χ2n) is 6.70. The maximum Gasteiger partial charge on any atom is 0.232 e. The molecule has 0 aliphatic rings. The molecule has 0 fully saturated rings. The Bertz CT molecular complexity index is 734. The van der Waals surface area contributed by atoms with E-state index >= 15 is 0 Å². The number of nitrogens with zero attached hydrogens (tertiary/aromatic N) is 2. The predicted molar refractivity (Wildman–Crippen MR) is 104 cm³/mol. The molecule has 0 aromatic carbocycles. The molecule has 2 atom stereocenters. The summed E-state index contributed by atoms with van der Waals surface area (Å²) >= 11 is 0. The molecule has 0 aliphatic heterocycles. The number of aliphatic hydroxyl groups is 1. The van der Waals surface area contributed by atoms with Gasteiger partial charge in [0.2, 0.25) is 5.91 Å². The lowest BCUT2D eigenvalue weighted by molar-refractivity contribution is -0.119. The molecule has 7 nitrogen and oxygen atoms in total. The van der Waals surface area contributed by atoms with Crippen LogP contribution in [-0.4, -0.2) is 57.6 Å². The van der Waals surface area contributed by atoms with E-state index in [9.17, 15) is 14.1 Å². The van der Waals surface area contributed by atoms with Crippen LogP contribution in [0.4, 0.5) is 0 Å². The van der Waals surface area contributed by atoms with Crippen LogP contribution in [0.1, 0.15) is 23.4 Å². The molecule has 2 heterocycles. The largest absolute Gasteiger partial charge is 0.468 e. The van der Waals surface area contributed by atoms with Crippen LogP contribution in [0.2, 0.25) is 0 Å². The number of aryl methyl sites for hydroxylation is 1. The van der Waals surface area contributed by atoms with Crippen molar-refractivity contribution in [2.75, 3.05) is 26.4 Å². The first-order valence-corrected chi connectivity index (χ1v) is 10.3. The number of aliphatic hydroxyl groups excluding tert-OH is 1. The van der Waals surface area contributed by atoms with Crippen molar-refractivity contribution in [3.8, 4) is 0 Å². The fraction of sp³-hybridized carbons (Fsp3) is 0.474. The molecule has 8 heteroatoms. The molecular weight excluding hydrogens is 366 g/mol. The van der Waals surface area contributed by atoms with Crippen LogP contribution in [0.15, 0.2) is 41.1 Å². The van der Waals surface area contributed by atoms with E-state index in [1.807, 2.05) is 26.2 Å². The highest BCUT2D eigenvalue weighted by Gasteiger charge is 2.12. The van der Waals surface area contributed by atoms with Gasteiger partial charge in [-0.15, -0.1) is 0 Å². The number of hydrogen-bond acceptors (Lipinski definition) is 6. The van der Waals surface area contributed by atoms with E-state index in [2.05, 4.69) is 15.2 Å². The number of amides is 1. The number of nitrogens with one attached hydrogen (secondary N) is 1. The highest BCUT2D eigenvalue weighted by atomic mass is 32.2. The number of carbonyl (C=O) groups is 1. The van der Waals surface area contributed by atoms with Crippen molar-refractivity contribution in [3.63, 3.8) is 0 Å². The summed E-state index contributed by atoms with van der Waals surface area (Å²) in [6.45, 7) is 0.970. The first-order valence-electron chi connectivity index (χ1n) is 8.83. The van der Waals surface area contributed by atoms with E-state index in [4.69, 9.17) is 4.42 Å². The Morgan fingerprint density at radius 2 is 2.22 bits per heavy atom. The number of hydrogen-bond donors (Lipinski definition) is 2. The topological polar surface area (TPSA) is 95.7 Å². The van der Waals surface area contributed by atoms with E-state index in [1.165, 1.54) is 11.8 Å². The van der Waals surface area contributed by atoms with E-state index < -0.39 is 16.9 Å². The molecule has 2 aromatic heterocycles. The molecule has 2 rings (SSSR count). The Labute approximate surface area is 162 Å². The standard InChI is InChI=1S/C19H27N3O4S/c1-22(2)12-15-7-8-20-16(10-15)5-6-17(23)11-21-19(24)14-27(25)13-18-4-3-9-26-18/h3-4,7-10,17,23H,5-6,11-14H2,1-2H3,(H,21,24). The van der Waals surface area contributed by atoms with Crippen LogP contribution in [0.3, 0.4) is 0 Å². The fourth-order valence-electron chi connectivity index (χ4n) is 2.58. The second kappa shape index (κ2) is 11.0. The molecule has 1 amide bonds. The molecule has 2 N–H and O–H groups in total. The summed E-state index contributed by atoms with van der Waals surface area (Å²) in [5.41, 5.74) is 2.09. The Hall–Kier alpha value is -2.03. The Morgan fingerprint density at radius 3 is 2.93 bits per heavy atom. The van der Waals surface area contributed by atoms with Gasteiger partial charge in [0.25, 0.3) is 0 Å². The van der Waals surface area contributed by atoms with Gasteiger partial charge >= 0.3 is 0 Å². The van der Waals surface area contributed by atoms with Crippen LogP contribution < -0.4 is 5.32 Å². The highest BCUT2D eigenvalue weighted by molar-refractivity contribution is 7.84. The lowest BCUT2D eigenvalue weighted by atomic mass is 10.1. The molecule has 0 saturated carbocycles. The van der Waals surface area contributed by atoms with Gasteiger partial charge < -0.3 is 19.7 Å². The van der Waals surface area contributed by atoms with Crippen LogP contribution in [0, 0.1) is 0 Å². The molecule has 2 aromatic rings. The quantitative estimate of drug-likeness (QED) is 0.593. The van der Waals surface area contributed by atoms with Gasteiger partial charge in [0, 0.05) is 35.8 Å². The highest BCUT2D eigenvalue weighted by Crippen LogP contribution is 2.08. The average Bonchev–Trinajstić information content (AvgIpc) is 3.10. The Morgan fingerprint density at radius 1 is 1.41 bits per heavy atom. The van der Waals surface area contributed by atoms with Crippen molar-refractivity contribution in [1.29, 1.82) is 0 Å². The number of rotatable bonds is 11. The molecule has 0 saturated heterocycles. The molecule has 148 valence electrons. The van der Waals surface area contributed by atoms with Crippen molar-refractivity contribution in [3.05, 3.63) is 53.7 Å². The fourth-order valence-corrected chi connectivity index (χ4v) is 3.56. The van der Waals surface area contributed by atoms with Gasteiger partial charge in [-0.2, -0.15) is 0 Å². The summed E-state index contributed by atoms with van der Waals surface area (Å²) in [5, 5.41) is 12.7. The number of furan rings is 1. The number of pyridine rings is 1. The zero-order valence-corrected chi connectivity index (χ0v) is 16.6. The SMILES string of the molecule is CN(C)Cc1ccnc(CCC(O)CNC(=O)CS(=O)Cc2ccco2)c1. The summed E-state index contributed by atoms with van der Waals surface area (Å²) in [4.78, 5) is 18.3. The minimum atomic E-state index is -1.34. The van der Waals surface area contributed by atoms with Gasteiger partial charge in [0.1, 0.15) is 11.5 Å². The first-order chi connectivity index (χ1) is 12.9. The molecule has 0 radical (unpaired) electrons. The first kappa shape index (κ1) is 21.3. The second-order valence-corrected chi connectivity index (χ2v) is 8.15. The smallest absolute Gasteiger partial charge is 0.232 e. The predicted octanol–water partition coefficient (Wildman–Crippen LogP) is 1.09. The van der Waals surface area contributed by atoms with Crippen molar-refractivity contribution in [1.82, 2.24) is 15.2 Å². The van der Waals surface area contributed by atoms with Crippen molar-refractivity contribution in [2.24, 2.45) is 0 Å². The van der Waals surface area contributed by atoms with E-state index in [-0.39, 0.29) is 24.0 Å². The average molecular weight is 394 g/mol. The molecule has 0 aliphatic carbocycles. The van der Waals surface area contributed by atoms with Gasteiger partial charge in [0.15, 0.2) is 0 Å². The molecule has 2 unspecified atom stereocenters. The van der Waals surface area contributed by atoms with Crippen LogP contribution >= 0.6 is 0 Å². The Kier molecular flexibility index (Phi) is 8.63. The molecule has 0 spiro atoms. The van der Waals surface area contributed by atoms with Crippen molar-refractivity contribution < 1.29 is 18.5 Å². The number of aromatic nitrogens is 1. The van der Waals surface area contributed by atoms with Crippen LogP contribution in [0.25, 0.3) is 0 Å². The van der Waals surface area contributed by atoms with E-state index in [1.54, 1.807) is 18.3 Å². The lowest BCUT2D eigenvalue weighted by Gasteiger charge is -2.13. The molecular formula is C19H27N3O4S. The Balaban J connectivity index is 1.67. The van der Waals surface area contributed by atoms with E-state index in [0.29, 0.717) is 18.6 Å². The van der Waals surface area contributed by atoms with Gasteiger partial charge in [-0.3, -0.25) is 14.0 Å². The number of carbonyl (C=O) groups excluding carboxylic acids is 1. The van der Waals surface area contributed by atoms with Crippen LogP contribution in [-0.2, 0) is 34.3 Å². The van der Waals surface area contributed by atoms with Crippen LogP contribution in [0.5, 0.6) is 0 Å². The molecule has 27 heavy (non-hydrogen) atoms. The summed E-state index contributed by atoms with van der Waals surface area (Å²) in [6, 6.07) is 7.45. The van der Waals surface area contributed by atoms with Gasteiger partial charge in [-0.05, 0) is 56.8 Å². The summed E-state index contributed by atoms with van der Waals surface area (Å²) in [5.74, 6) is 0.342. The third kappa shape index (κ3) is 8.47. The summed E-state index contributed by atoms with van der Waals surface area (Å²) in [7, 11) is 2.68. The normalized spacial score (nSPS) is 13.5. The minimum Gasteiger partial charge on any atom is -0.468 e. The summed E-state index contributed by atoms with van der Waals surface area (Å²) < 4.78 is 17.0. The van der Waals surface area contributed by atoms with Gasteiger partial charge in [-0.25, -0.2) is 0 Å². The zero-order valence-electron chi connectivity index (χ0n) is 15.8. The third-order valence-electron chi connectivity index (χ3n) is 3.82. The monoisotopic (exact) mass is 393 g/mol. The molecule has 0 bridgehead atoms. The van der Waals surface area contributed by atoms with Crippen molar-refractivity contribution in [2.45, 2.75) is 31.2 Å². The zero-order chi connectivity index (χ0) is 19.6. The summed E-state index contributed by atoms with van der Waals surface area (Å²) in [6.07, 6.45) is 3.73. The third-order valence-corrected chi connectivity index (χ3v) is 5.01. The minimum absolute atomic E-state index is 0.110. The van der Waals surface area contributed by atoms with Gasteiger partial charge in [-0.1, -0.05) is 0 Å². The van der Waals surface area contributed by atoms with E-state index in [0.717, 1.165) is 12.2 Å². The van der Waals surface area contributed by atoms with Crippen molar-refractivity contribution >= 4 is 16.7 Å². The lowest BCUT2D eigenvalue weighted by Crippen LogP contribution is -2.35. The maximum absolute atomic E-state index is 11.9.